The Morgan fingerprint density at radius 2 is 1.68 bits per heavy atom. The molecule has 0 saturated heterocycles. The smallest absolute Gasteiger partial charge is 0.269 e. The van der Waals surface area contributed by atoms with Gasteiger partial charge in [-0.2, -0.15) is 0 Å². The minimum absolute atomic E-state index is 0.316. The summed E-state index contributed by atoms with van der Waals surface area (Å²) < 4.78 is 0. The van der Waals surface area contributed by atoms with Gasteiger partial charge in [-0.1, -0.05) is 24.3 Å². The van der Waals surface area contributed by atoms with E-state index in [0.29, 0.717) is 16.0 Å². The Kier molecular flexibility index (Phi) is 2.29. The van der Waals surface area contributed by atoms with Crippen LogP contribution in [0.1, 0.15) is 33.2 Å². The largest absolute Gasteiger partial charge is 0.274 e. The predicted molar refractivity (Wildman–Crippen MR) is 69.9 cm³/mol. The van der Waals surface area contributed by atoms with Crippen LogP contribution in [0.5, 0.6) is 0 Å². The van der Waals surface area contributed by atoms with Gasteiger partial charge < -0.3 is 0 Å². The number of amides is 3. The lowest BCUT2D eigenvalue weighted by Gasteiger charge is -2.07. The average molecular weight is 253 g/mol. The van der Waals surface area contributed by atoms with E-state index in [2.05, 4.69) is 0 Å². The summed E-state index contributed by atoms with van der Waals surface area (Å²) in [4.78, 5) is 36.5. The molecule has 0 unspecified atom stereocenters. The van der Waals surface area contributed by atoms with Gasteiger partial charge >= 0.3 is 0 Å². The monoisotopic (exact) mass is 253 g/mol. The third kappa shape index (κ3) is 1.43. The van der Waals surface area contributed by atoms with Gasteiger partial charge in [-0.15, -0.1) is 0 Å². The number of carbonyl (C=O) groups excluding carboxylic acids is 3. The highest BCUT2D eigenvalue weighted by Crippen LogP contribution is 2.32. The standard InChI is InChI=1S/C15H11NO3/c1-8-7-12-13(11-6-4-3-5-10(8)11)15(19)16(9(2)17)14(12)18/h3-7H,1-2H3. The van der Waals surface area contributed by atoms with Crippen LogP contribution in [0.2, 0.25) is 0 Å². The molecule has 0 spiro atoms. The van der Waals surface area contributed by atoms with E-state index in [1.807, 2.05) is 25.1 Å². The van der Waals surface area contributed by atoms with Crippen molar-refractivity contribution in [2.24, 2.45) is 0 Å². The maximum absolute atomic E-state index is 12.3. The van der Waals surface area contributed by atoms with Gasteiger partial charge in [0.1, 0.15) is 0 Å². The normalized spacial score (nSPS) is 14.1. The number of aryl methyl sites for hydroxylation is 1. The summed E-state index contributed by atoms with van der Waals surface area (Å²) in [7, 11) is 0. The van der Waals surface area contributed by atoms with Gasteiger partial charge in [-0.05, 0) is 29.3 Å². The van der Waals surface area contributed by atoms with Crippen molar-refractivity contribution in [3.05, 3.63) is 47.0 Å². The van der Waals surface area contributed by atoms with Crippen LogP contribution in [0.3, 0.4) is 0 Å². The minimum atomic E-state index is -0.548. The number of hydrogen-bond acceptors (Lipinski definition) is 3. The van der Waals surface area contributed by atoms with Gasteiger partial charge in [0.25, 0.3) is 11.8 Å². The highest BCUT2D eigenvalue weighted by molar-refractivity contribution is 6.32. The SMILES string of the molecule is CC(=O)N1C(=O)c2cc(C)c3ccccc3c2C1=O. The van der Waals surface area contributed by atoms with Crippen molar-refractivity contribution in [1.29, 1.82) is 0 Å². The quantitative estimate of drug-likeness (QED) is 0.677. The summed E-state index contributed by atoms with van der Waals surface area (Å²) in [5.41, 5.74) is 1.57. The van der Waals surface area contributed by atoms with Gasteiger partial charge in [0.05, 0.1) is 11.1 Å². The second-order valence-corrected chi connectivity index (χ2v) is 4.63. The van der Waals surface area contributed by atoms with Crippen molar-refractivity contribution in [1.82, 2.24) is 4.90 Å². The molecule has 94 valence electrons. The number of rotatable bonds is 0. The Balaban J connectivity index is 2.41. The molecule has 19 heavy (non-hydrogen) atoms. The minimum Gasteiger partial charge on any atom is -0.274 e. The van der Waals surface area contributed by atoms with Gasteiger partial charge in [-0.3, -0.25) is 14.4 Å². The van der Waals surface area contributed by atoms with Crippen molar-refractivity contribution in [2.45, 2.75) is 13.8 Å². The zero-order valence-corrected chi connectivity index (χ0v) is 10.6. The molecule has 0 radical (unpaired) electrons. The van der Waals surface area contributed by atoms with Crippen molar-refractivity contribution in [2.75, 3.05) is 0 Å². The number of benzene rings is 2. The van der Waals surface area contributed by atoms with E-state index in [-0.39, 0.29) is 0 Å². The fourth-order valence-electron chi connectivity index (χ4n) is 2.57. The molecule has 0 saturated carbocycles. The first kappa shape index (κ1) is 11.6. The maximum Gasteiger partial charge on any atom is 0.269 e. The van der Waals surface area contributed by atoms with E-state index in [9.17, 15) is 14.4 Å². The van der Waals surface area contributed by atoms with Gasteiger partial charge in [0.15, 0.2) is 0 Å². The van der Waals surface area contributed by atoms with Gasteiger partial charge in [0.2, 0.25) is 5.91 Å². The summed E-state index contributed by atoms with van der Waals surface area (Å²) >= 11 is 0. The fraction of sp³-hybridized carbons (Fsp3) is 0.133. The van der Waals surface area contributed by atoms with Crippen LogP contribution in [-0.4, -0.2) is 22.6 Å². The summed E-state index contributed by atoms with van der Waals surface area (Å²) in [6.45, 7) is 3.10. The van der Waals surface area contributed by atoms with E-state index >= 15 is 0 Å². The molecule has 0 atom stereocenters. The molecule has 4 heteroatoms. The summed E-state index contributed by atoms with van der Waals surface area (Å²) in [6.07, 6.45) is 0. The van der Waals surface area contributed by atoms with E-state index in [0.717, 1.165) is 16.3 Å². The third-order valence-electron chi connectivity index (χ3n) is 3.42. The molecular formula is C15H11NO3. The van der Waals surface area contributed by atoms with E-state index in [4.69, 9.17) is 0 Å². The second-order valence-electron chi connectivity index (χ2n) is 4.63. The van der Waals surface area contributed by atoms with E-state index in [1.54, 1.807) is 12.1 Å². The first-order valence-electron chi connectivity index (χ1n) is 5.94. The lowest BCUT2D eigenvalue weighted by atomic mass is 9.96. The van der Waals surface area contributed by atoms with E-state index < -0.39 is 17.7 Å². The topological polar surface area (TPSA) is 54.5 Å². The van der Waals surface area contributed by atoms with Crippen LogP contribution in [0, 0.1) is 6.92 Å². The number of imide groups is 3. The van der Waals surface area contributed by atoms with Crippen molar-refractivity contribution in [3.63, 3.8) is 0 Å². The lowest BCUT2D eigenvalue weighted by Crippen LogP contribution is -2.34. The van der Waals surface area contributed by atoms with Crippen molar-refractivity contribution >= 4 is 28.5 Å². The maximum atomic E-state index is 12.3. The fourth-order valence-corrected chi connectivity index (χ4v) is 2.57. The lowest BCUT2D eigenvalue weighted by molar-refractivity contribution is -0.124. The first-order chi connectivity index (χ1) is 9.02. The van der Waals surface area contributed by atoms with Crippen molar-refractivity contribution in [3.8, 4) is 0 Å². The molecule has 2 aromatic carbocycles. The van der Waals surface area contributed by atoms with Gasteiger partial charge in [0, 0.05) is 6.92 Å². The summed E-state index contributed by atoms with van der Waals surface area (Å²) in [5, 5.41) is 1.65. The molecular weight excluding hydrogens is 242 g/mol. The van der Waals surface area contributed by atoms with Crippen LogP contribution >= 0.6 is 0 Å². The van der Waals surface area contributed by atoms with Crippen LogP contribution in [0.15, 0.2) is 30.3 Å². The molecule has 4 nitrogen and oxygen atoms in total. The molecule has 3 rings (SSSR count). The zero-order chi connectivity index (χ0) is 13.7. The Morgan fingerprint density at radius 3 is 2.32 bits per heavy atom. The predicted octanol–water partition coefficient (Wildman–Crippen LogP) is 2.29. The molecule has 0 aromatic heterocycles. The Morgan fingerprint density at radius 1 is 1.05 bits per heavy atom. The molecule has 1 aliphatic rings. The number of hydrogen-bond donors (Lipinski definition) is 0. The Hall–Kier alpha value is -2.49. The molecule has 0 bridgehead atoms. The van der Waals surface area contributed by atoms with Gasteiger partial charge in [-0.25, -0.2) is 4.90 Å². The highest BCUT2D eigenvalue weighted by atomic mass is 16.2. The average Bonchev–Trinajstić information content (AvgIpc) is 2.62. The molecule has 0 N–H and O–H groups in total. The highest BCUT2D eigenvalue weighted by Gasteiger charge is 2.39. The zero-order valence-electron chi connectivity index (χ0n) is 10.6. The molecule has 1 heterocycles. The van der Waals surface area contributed by atoms with Crippen molar-refractivity contribution < 1.29 is 14.4 Å². The first-order valence-corrected chi connectivity index (χ1v) is 5.94. The Labute approximate surface area is 109 Å². The third-order valence-corrected chi connectivity index (χ3v) is 3.42. The second kappa shape index (κ2) is 3.75. The number of fused-ring (bicyclic) bond motifs is 3. The molecule has 2 aromatic rings. The molecule has 1 aliphatic heterocycles. The van der Waals surface area contributed by atoms with Crippen LogP contribution in [0.4, 0.5) is 0 Å². The summed E-state index contributed by atoms with van der Waals surface area (Å²) in [5.74, 6) is -1.60. The van der Waals surface area contributed by atoms with Crippen LogP contribution in [0.25, 0.3) is 10.8 Å². The molecule has 0 fully saturated rings. The summed E-state index contributed by atoms with van der Waals surface area (Å²) in [6, 6.07) is 9.08. The molecule has 3 amide bonds. The number of nitrogens with zero attached hydrogens (tertiary/aromatic N) is 1. The molecule has 0 aliphatic carbocycles. The van der Waals surface area contributed by atoms with Crippen LogP contribution < -0.4 is 0 Å². The van der Waals surface area contributed by atoms with E-state index in [1.165, 1.54) is 6.92 Å². The number of carbonyl (C=O) groups is 3. The Bertz CT molecular complexity index is 761. The van der Waals surface area contributed by atoms with Crippen LogP contribution in [-0.2, 0) is 4.79 Å².